The first-order valence-corrected chi connectivity index (χ1v) is 5.56. The number of phenolic OH excluding ortho intramolecular Hbond substituents is 1. The van der Waals surface area contributed by atoms with E-state index in [1.807, 2.05) is 0 Å². The largest absolute Gasteiger partial charge is 0.508 e. The highest BCUT2D eigenvalue weighted by Gasteiger charge is 2.13. The fraction of sp³-hybridized carbons (Fsp3) is 0.0714. The second kappa shape index (κ2) is 5.30. The number of ether oxygens (including phenoxy) is 1. The van der Waals surface area contributed by atoms with Crippen LogP contribution >= 0.6 is 0 Å². The summed E-state index contributed by atoms with van der Waals surface area (Å²) in [6.07, 6.45) is 0. The van der Waals surface area contributed by atoms with Crippen LogP contribution in [-0.4, -0.2) is 11.1 Å². The number of nitroso groups, excluding NO2 is 1. The van der Waals surface area contributed by atoms with Gasteiger partial charge in [-0.15, -0.1) is 4.91 Å². The first-order valence-electron chi connectivity index (χ1n) is 5.56. The molecule has 2 aromatic rings. The van der Waals surface area contributed by atoms with Crippen LogP contribution in [0.4, 0.5) is 5.69 Å². The molecule has 0 bridgehead atoms. The lowest BCUT2D eigenvalue weighted by molar-refractivity contribution is 0.0733. The number of aromatic hydroxyl groups is 1. The van der Waals surface area contributed by atoms with Crippen molar-refractivity contribution in [2.75, 3.05) is 0 Å². The number of benzene rings is 2. The van der Waals surface area contributed by atoms with Gasteiger partial charge in [-0.3, -0.25) is 0 Å². The molecule has 0 saturated heterocycles. The highest BCUT2D eigenvalue weighted by molar-refractivity contribution is 5.91. The SMILES string of the molecule is Cc1c(N=O)cc(O)cc1OC(=O)c1ccccc1. The monoisotopic (exact) mass is 257 g/mol. The lowest BCUT2D eigenvalue weighted by Crippen LogP contribution is -2.09. The molecule has 1 N–H and O–H groups in total. The smallest absolute Gasteiger partial charge is 0.343 e. The van der Waals surface area contributed by atoms with Crippen molar-refractivity contribution in [1.29, 1.82) is 0 Å². The summed E-state index contributed by atoms with van der Waals surface area (Å²) in [7, 11) is 0. The molecule has 0 fully saturated rings. The van der Waals surface area contributed by atoms with Crippen molar-refractivity contribution < 1.29 is 14.6 Å². The molecule has 0 amide bonds. The molecule has 2 rings (SSSR count). The van der Waals surface area contributed by atoms with E-state index in [9.17, 15) is 14.8 Å². The van der Waals surface area contributed by atoms with Gasteiger partial charge in [-0.1, -0.05) is 18.2 Å². The predicted molar refractivity (Wildman–Crippen MR) is 69.7 cm³/mol. The van der Waals surface area contributed by atoms with Crippen LogP contribution in [0, 0.1) is 11.8 Å². The van der Waals surface area contributed by atoms with Gasteiger partial charge in [0.05, 0.1) is 5.56 Å². The second-order valence-corrected chi connectivity index (χ2v) is 3.93. The molecule has 0 spiro atoms. The molecule has 96 valence electrons. The fourth-order valence-corrected chi connectivity index (χ4v) is 1.59. The van der Waals surface area contributed by atoms with Crippen LogP contribution < -0.4 is 4.74 Å². The maximum Gasteiger partial charge on any atom is 0.343 e. The summed E-state index contributed by atoms with van der Waals surface area (Å²) in [5.41, 5.74) is 0.818. The van der Waals surface area contributed by atoms with E-state index in [1.165, 1.54) is 12.1 Å². The van der Waals surface area contributed by atoms with Gasteiger partial charge in [0.2, 0.25) is 0 Å². The van der Waals surface area contributed by atoms with Crippen LogP contribution in [-0.2, 0) is 0 Å². The predicted octanol–water partition coefficient (Wildman–Crippen LogP) is 3.32. The highest BCUT2D eigenvalue weighted by Crippen LogP contribution is 2.33. The Morgan fingerprint density at radius 3 is 2.53 bits per heavy atom. The Labute approximate surface area is 109 Å². The third kappa shape index (κ3) is 2.77. The van der Waals surface area contributed by atoms with E-state index in [0.717, 1.165) is 0 Å². The van der Waals surface area contributed by atoms with Gasteiger partial charge in [0.15, 0.2) is 0 Å². The standard InChI is InChI=1S/C14H11NO4/c1-9-12(15-18)7-11(16)8-13(9)19-14(17)10-5-3-2-4-6-10/h2-8,16H,1H3. The molecule has 0 aromatic heterocycles. The highest BCUT2D eigenvalue weighted by atomic mass is 16.5. The quantitative estimate of drug-likeness (QED) is 0.520. The van der Waals surface area contributed by atoms with Crippen LogP contribution in [0.25, 0.3) is 0 Å². The zero-order chi connectivity index (χ0) is 13.8. The van der Waals surface area contributed by atoms with Crippen molar-refractivity contribution in [3.8, 4) is 11.5 Å². The average Bonchev–Trinajstić information content (AvgIpc) is 2.43. The third-order valence-electron chi connectivity index (χ3n) is 2.63. The normalized spacial score (nSPS) is 9.95. The summed E-state index contributed by atoms with van der Waals surface area (Å²) in [4.78, 5) is 22.5. The summed E-state index contributed by atoms with van der Waals surface area (Å²) in [6, 6.07) is 10.9. The number of esters is 1. The number of phenols is 1. The van der Waals surface area contributed by atoms with Gasteiger partial charge in [-0.05, 0) is 24.2 Å². The molecular weight excluding hydrogens is 246 g/mol. The van der Waals surface area contributed by atoms with Gasteiger partial charge in [-0.25, -0.2) is 4.79 Å². The zero-order valence-corrected chi connectivity index (χ0v) is 10.2. The van der Waals surface area contributed by atoms with Crippen molar-refractivity contribution in [1.82, 2.24) is 0 Å². The maximum absolute atomic E-state index is 11.9. The van der Waals surface area contributed by atoms with Crippen LogP contribution in [0.2, 0.25) is 0 Å². The summed E-state index contributed by atoms with van der Waals surface area (Å²) in [5.74, 6) is -0.634. The van der Waals surface area contributed by atoms with E-state index in [4.69, 9.17) is 4.74 Å². The molecule has 0 unspecified atom stereocenters. The molecule has 0 radical (unpaired) electrons. The number of carbonyl (C=O) groups is 1. The molecule has 5 heteroatoms. The summed E-state index contributed by atoms with van der Waals surface area (Å²) in [5, 5.41) is 12.2. The molecular formula is C14H11NO4. The van der Waals surface area contributed by atoms with Crippen molar-refractivity contribution in [3.63, 3.8) is 0 Å². The van der Waals surface area contributed by atoms with Crippen LogP contribution in [0.15, 0.2) is 47.6 Å². The first kappa shape index (κ1) is 12.8. The molecule has 0 heterocycles. The summed E-state index contributed by atoms with van der Waals surface area (Å²) >= 11 is 0. The molecule has 5 nitrogen and oxygen atoms in total. The van der Waals surface area contributed by atoms with Crippen molar-refractivity contribution >= 4 is 11.7 Å². The Morgan fingerprint density at radius 1 is 1.21 bits per heavy atom. The lowest BCUT2D eigenvalue weighted by Gasteiger charge is -2.09. The average molecular weight is 257 g/mol. The van der Waals surface area contributed by atoms with Gasteiger partial charge in [0, 0.05) is 17.7 Å². The molecule has 0 aliphatic carbocycles. The van der Waals surface area contributed by atoms with Crippen molar-refractivity contribution in [2.45, 2.75) is 6.92 Å². The topological polar surface area (TPSA) is 76.0 Å². The minimum absolute atomic E-state index is 0.0378. The van der Waals surface area contributed by atoms with Crippen LogP contribution in [0.5, 0.6) is 11.5 Å². The molecule has 0 atom stereocenters. The van der Waals surface area contributed by atoms with Crippen LogP contribution in [0.1, 0.15) is 15.9 Å². The Balaban J connectivity index is 2.31. The molecule has 2 aromatic carbocycles. The molecule has 0 aliphatic rings. The number of nitrogens with zero attached hydrogens (tertiary/aromatic N) is 1. The molecule has 19 heavy (non-hydrogen) atoms. The Morgan fingerprint density at radius 2 is 1.89 bits per heavy atom. The maximum atomic E-state index is 11.9. The minimum Gasteiger partial charge on any atom is -0.508 e. The second-order valence-electron chi connectivity index (χ2n) is 3.93. The molecule has 0 aliphatic heterocycles. The van der Waals surface area contributed by atoms with E-state index in [1.54, 1.807) is 37.3 Å². The van der Waals surface area contributed by atoms with Crippen molar-refractivity contribution in [3.05, 3.63) is 58.5 Å². The van der Waals surface area contributed by atoms with E-state index >= 15 is 0 Å². The van der Waals surface area contributed by atoms with E-state index in [0.29, 0.717) is 11.1 Å². The minimum atomic E-state index is -0.564. The van der Waals surface area contributed by atoms with Gasteiger partial charge in [0.1, 0.15) is 17.2 Å². The van der Waals surface area contributed by atoms with Gasteiger partial charge < -0.3 is 9.84 Å². The zero-order valence-electron chi connectivity index (χ0n) is 10.2. The number of hydrogen-bond donors (Lipinski definition) is 1. The fourth-order valence-electron chi connectivity index (χ4n) is 1.59. The van der Waals surface area contributed by atoms with E-state index in [-0.39, 0.29) is 17.2 Å². The Kier molecular flexibility index (Phi) is 3.56. The lowest BCUT2D eigenvalue weighted by atomic mass is 10.1. The van der Waals surface area contributed by atoms with Crippen LogP contribution in [0.3, 0.4) is 0 Å². The third-order valence-corrected chi connectivity index (χ3v) is 2.63. The Hall–Kier alpha value is -2.69. The summed E-state index contributed by atoms with van der Waals surface area (Å²) < 4.78 is 5.16. The van der Waals surface area contributed by atoms with E-state index < -0.39 is 5.97 Å². The number of carbonyl (C=O) groups excluding carboxylic acids is 1. The van der Waals surface area contributed by atoms with Crippen molar-refractivity contribution in [2.24, 2.45) is 5.18 Å². The Bertz CT molecular complexity index is 623. The first-order chi connectivity index (χ1) is 9.11. The number of rotatable bonds is 3. The van der Waals surface area contributed by atoms with Gasteiger partial charge in [0.25, 0.3) is 0 Å². The van der Waals surface area contributed by atoms with Gasteiger partial charge >= 0.3 is 5.97 Å². The summed E-state index contributed by atoms with van der Waals surface area (Å²) in [6.45, 7) is 1.59. The molecule has 0 saturated carbocycles. The number of hydrogen-bond acceptors (Lipinski definition) is 5. The van der Waals surface area contributed by atoms with E-state index in [2.05, 4.69) is 5.18 Å². The van der Waals surface area contributed by atoms with Gasteiger partial charge in [-0.2, -0.15) is 0 Å².